The highest BCUT2D eigenvalue weighted by molar-refractivity contribution is 5.93. The smallest absolute Gasteiger partial charge is 0.221 e. The first-order valence-electron chi connectivity index (χ1n) is 11.1. The number of benzene rings is 2. The molecule has 0 amide bonds. The van der Waals surface area contributed by atoms with Gasteiger partial charge in [-0.2, -0.15) is 10.1 Å². The van der Waals surface area contributed by atoms with Crippen LogP contribution >= 0.6 is 0 Å². The molecule has 1 aromatic heterocycles. The molecule has 31 heavy (non-hydrogen) atoms. The molecule has 0 spiro atoms. The minimum Gasteiger partial charge on any atom is -0.490 e. The Balaban J connectivity index is 1.35. The summed E-state index contributed by atoms with van der Waals surface area (Å²) < 4.78 is 6.10. The van der Waals surface area contributed by atoms with Gasteiger partial charge in [-0.1, -0.05) is 55.8 Å². The van der Waals surface area contributed by atoms with Crippen LogP contribution in [0.15, 0.2) is 48.8 Å². The molecule has 1 unspecified atom stereocenters. The van der Waals surface area contributed by atoms with E-state index in [1.807, 2.05) is 12.1 Å². The summed E-state index contributed by atoms with van der Waals surface area (Å²) in [4.78, 5) is 8.66. The number of H-pyrrole nitrogens is 1. The van der Waals surface area contributed by atoms with Crippen molar-refractivity contribution in [3.63, 3.8) is 0 Å². The van der Waals surface area contributed by atoms with E-state index in [0.717, 1.165) is 56.3 Å². The highest BCUT2D eigenvalue weighted by Crippen LogP contribution is 2.29. The van der Waals surface area contributed by atoms with E-state index in [9.17, 15) is 5.11 Å². The number of β-amino-alcohol motifs (C(OH)–C–C–N with tert-alkyl or cyclic N) is 1. The average molecular weight is 422 g/mol. The zero-order valence-electron chi connectivity index (χ0n) is 18.1. The molecule has 1 atom stereocenters. The lowest BCUT2D eigenvalue weighted by Crippen LogP contribution is -2.49. The fourth-order valence-electron chi connectivity index (χ4n) is 3.97. The third kappa shape index (κ3) is 5.42. The number of nitrogens with one attached hydrogen (secondary N) is 1. The molecule has 2 N–H and O–H groups in total. The fourth-order valence-corrected chi connectivity index (χ4v) is 3.97. The number of aromatic nitrogens is 3. The van der Waals surface area contributed by atoms with Crippen molar-refractivity contribution in [1.29, 1.82) is 0 Å². The van der Waals surface area contributed by atoms with Gasteiger partial charge in [0.05, 0.1) is 0 Å². The first-order valence-corrected chi connectivity index (χ1v) is 11.1. The lowest BCUT2D eigenvalue weighted by Gasteiger charge is -2.35. The molecule has 0 radical (unpaired) electrons. The lowest BCUT2D eigenvalue weighted by atomic mass is 10.0. The zero-order valence-corrected chi connectivity index (χ0v) is 18.1. The molecule has 0 saturated carbocycles. The van der Waals surface area contributed by atoms with Crippen LogP contribution in [-0.2, 0) is 0 Å². The first kappa shape index (κ1) is 21.3. The van der Waals surface area contributed by atoms with Crippen LogP contribution in [0.2, 0.25) is 0 Å². The van der Waals surface area contributed by atoms with Crippen molar-refractivity contribution in [1.82, 2.24) is 20.1 Å². The number of aliphatic hydroxyl groups excluding tert-OH is 1. The van der Waals surface area contributed by atoms with E-state index in [4.69, 9.17) is 4.74 Å². The van der Waals surface area contributed by atoms with E-state index in [-0.39, 0.29) is 6.61 Å². The topological polar surface area (TPSA) is 77.5 Å². The predicted molar refractivity (Wildman–Crippen MR) is 124 cm³/mol. The number of hydrogen-bond acceptors (Lipinski definition) is 6. The molecule has 2 aromatic carbocycles. The number of ether oxygens (including phenoxy) is 1. The minimum absolute atomic E-state index is 0.273. The maximum Gasteiger partial charge on any atom is 0.221 e. The average Bonchev–Trinajstić information content (AvgIpc) is 3.34. The third-order valence-corrected chi connectivity index (χ3v) is 5.64. The van der Waals surface area contributed by atoms with Crippen molar-refractivity contribution in [3.05, 3.63) is 54.4 Å². The largest absolute Gasteiger partial charge is 0.490 e. The number of aromatic amines is 1. The summed E-state index contributed by atoms with van der Waals surface area (Å²) in [6.07, 6.45) is 7.47. The van der Waals surface area contributed by atoms with Gasteiger partial charge in [0.25, 0.3) is 0 Å². The third-order valence-electron chi connectivity index (χ3n) is 5.64. The molecule has 3 aromatic rings. The van der Waals surface area contributed by atoms with Crippen LogP contribution in [0.25, 0.3) is 16.8 Å². The van der Waals surface area contributed by atoms with Gasteiger partial charge in [0.2, 0.25) is 5.95 Å². The summed E-state index contributed by atoms with van der Waals surface area (Å²) >= 11 is 0. The van der Waals surface area contributed by atoms with E-state index in [1.165, 1.54) is 17.1 Å². The SMILES string of the molecule is CCC/C=C/c1c(OCC(O)CN2CCN(c3ncn[nH]3)CC2)ccc2ccccc12. The van der Waals surface area contributed by atoms with Crippen molar-refractivity contribution in [3.8, 4) is 5.75 Å². The van der Waals surface area contributed by atoms with Gasteiger partial charge in [0, 0.05) is 38.3 Å². The molecule has 1 aliphatic heterocycles. The highest BCUT2D eigenvalue weighted by Gasteiger charge is 2.21. The van der Waals surface area contributed by atoms with Crippen LogP contribution in [-0.4, -0.2) is 70.6 Å². The Kier molecular flexibility index (Phi) is 7.17. The maximum atomic E-state index is 10.6. The first-order chi connectivity index (χ1) is 15.2. The molecule has 1 aliphatic rings. The van der Waals surface area contributed by atoms with Crippen LogP contribution < -0.4 is 9.64 Å². The van der Waals surface area contributed by atoms with Crippen molar-refractivity contribution in [2.45, 2.75) is 25.9 Å². The second-order valence-electron chi connectivity index (χ2n) is 7.95. The minimum atomic E-state index is -0.546. The summed E-state index contributed by atoms with van der Waals surface area (Å²) in [5.41, 5.74) is 1.08. The van der Waals surface area contributed by atoms with Gasteiger partial charge in [0.1, 0.15) is 24.8 Å². The number of anilines is 1. The monoisotopic (exact) mass is 421 g/mol. The van der Waals surface area contributed by atoms with Gasteiger partial charge < -0.3 is 14.7 Å². The Morgan fingerprint density at radius 3 is 2.77 bits per heavy atom. The molecular formula is C24H31N5O2. The molecule has 7 heteroatoms. The molecule has 2 heterocycles. The normalized spacial score (nSPS) is 16.3. The number of fused-ring (bicyclic) bond motifs is 1. The number of nitrogens with zero attached hydrogens (tertiary/aromatic N) is 4. The zero-order chi connectivity index (χ0) is 21.5. The summed E-state index contributed by atoms with van der Waals surface area (Å²) in [5, 5.41) is 19.8. The highest BCUT2D eigenvalue weighted by atomic mass is 16.5. The van der Waals surface area contributed by atoms with Crippen molar-refractivity contribution in [2.75, 3.05) is 44.2 Å². The number of rotatable bonds is 9. The molecule has 0 bridgehead atoms. The molecular weight excluding hydrogens is 390 g/mol. The number of hydrogen-bond donors (Lipinski definition) is 2. The van der Waals surface area contributed by atoms with Crippen LogP contribution in [0.5, 0.6) is 5.75 Å². The Hall–Kier alpha value is -2.90. The number of piperazine rings is 1. The van der Waals surface area contributed by atoms with Gasteiger partial charge in [-0.25, -0.2) is 5.10 Å². The van der Waals surface area contributed by atoms with Crippen LogP contribution in [0, 0.1) is 0 Å². The van der Waals surface area contributed by atoms with E-state index in [2.05, 4.69) is 68.3 Å². The van der Waals surface area contributed by atoms with Gasteiger partial charge in [0.15, 0.2) is 0 Å². The van der Waals surface area contributed by atoms with Gasteiger partial charge >= 0.3 is 0 Å². The van der Waals surface area contributed by atoms with Crippen LogP contribution in [0.1, 0.15) is 25.3 Å². The molecule has 7 nitrogen and oxygen atoms in total. The van der Waals surface area contributed by atoms with E-state index >= 15 is 0 Å². The lowest BCUT2D eigenvalue weighted by molar-refractivity contribution is 0.0662. The predicted octanol–water partition coefficient (Wildman–Crippen LogP) is 3.33. The van der Waals surface area contributed by atoms with E-state index in [0.29, 0.717) is 6.54 Å². The molecule has 4 rings (SSSR count). The second kappa shape index (κ2) is 10.4. The summed E-state index contributed by atoms with van der Waals surface area (Å²) in [7, 11) is 0. The van der Waals surface area contributed by atoms with Gasteiger partial charge in [-0.05, 0) is 23.3 Å². The summed E-state index contributed by atoms with van der Waals surface area (Å²) in [6.45, 7) is 6.51. The Morgan fingerprint density at radius 1 is 1.16 bits per heavy atom. The number of aliphatic hydroxyl groups is 1. The van der Waals surface area contributed by atoms with E-state index in [1.54, 1.807) is 0 Å². The summed E-state index contributed by atoms with van der Waals surface area (Å²) in [5.74, 6) is 1.63. The van der Waals surface area contributed by atoms with Crippen molar-refractivity contribution < 1.29 is 9.84 Å². The summed E-state index contributed by atoms with van der Waals surface area (Å²) in [6, 6.07) is 12.4. The Bertz CT molecular complexity index is 981. The fraction of sp³-hybridized carbons (Fsp3) is 0.417. The van der Waals surface area contributed by atoms with Gasteiger partial charge in [-0.3, -0.25) is 4.90 Å². The van der Waals surface area contributed by atoms with Crippen LogP contribution in [0.4, 0.5) is 5.95 Å². The second-order valence-corrected chi connectivity index (χ2v) is 7.95. The number of allylic oxidation sites excluding steroid dienone is 1. The van der Waals surface area contributed by atoms with Gasteiger partial charge in [-0.15, -0.1) is 0 Å². The molecule has 1 fully saturated rings. The Morgan fingerprint density at radius 2 is 2.00 bits per heavy atom. The Labute approximate surface area is 183 Å². The van der Waals surface area contributed by atoms with Crippen molar-refractivity contribution >= 4 is 22.8 Å². The maximum absolute atomic E-state index is 10.6. The standard InChI is InChI=1S/C24H31N5O2/c1-2-3-4-9-22-21-8-6-5-7-19(21)10-11-23(22)31-17-20(30)16-28-12-14-29(15-13-28)24-25-18-26-27-24/h4-11,18,20,30H,2-3,12-17H2,1H3,(H,25,26,27)/b9-4+. The quantitative estimate of drug-likeness (QED) is 0.552. The molecule has 1 saturated heterocycles. The number of unbranched alkanes of at least 4 members (excludes halogenated alkanes) is 1. The van der Waals surface area contributed by atoms with Crippen LogP contribution in [0.3, 0.4) is 0 Å². The van der Waals surface area contributed by atoms with E-state index < -0.39 is 6.10 Å². The molecule has 164 valence electrons. The molecule has 0 aliphatic carbocycles. The van der Waals surface area contributed by atoms with Crippen molar-refractivity contribution in [2.24, 2.45) is 0 Å².